The molecule has 6 rings (SSSR count). The molecule has 3 aromatic carbocycles. The number of carboxylic acids is 3. The molecule has 1 aromatic heterocycles. The summed E-state index contributed by atoms with van der Waals surface area (Å²) in [5.74, 6) is -11.6. The van der Waals surface area contributed by atoms with Crippen molar-refractivity contribution < 1.29 is 88.5 Å². The number of aromatic amines is 1. The van der Waals surface area contributed by atoms with Crippen LogP contribution >= 0.6 is 21.6 Å². The number of phenols is 1. The summed E-state index contributed by atoms with van der Waals surface area (Å²) in [5, 5.41) is 93.2. The number of hydrogen-bond donors (Lipinski definition) is 17. The summed E-state index contributed by atoms with van der Waals surface area (Å²) in [6.07, 6.45) is -1.31. The topological polar surface area (TPSA) is 480 Å². The number of carbonyl (C=O) groups is 11. The minimum atomic E-state index is -1.77. The van der Waals surface area contributed by atoms with Crippen molar-refractivity contribution in [2.45, 2.75) is 113 Å². The van der Waals surface area contributed by atoms with E-state index in [2.05, 4.69) is 47.5 Å². The molecule has 542 valence electrons. The zero-order chi connectivity index (χ0) is 72.1. The van der Waals surface area contributed by atoms with E-state index < -0.39 is 152 Å². The van der Waals surface area contributed by atoms with Crippen molar-refractivity contribution in [1.29, 1.82) is 0 Å². The Morgan fingerprint density at radius 1 is 0.596 bits per heavy atom. The summed E-state index contributed by atoms with van der Waals surface area (Å²) in [6, 6.07) is 9.21. The predicted octanol–water partition coefficient (Wildman–Crippen LogP) is -3.47. The Bertz CT molecular complexity index is 3320. The minimum absolute atomic E-state index is 0.0540. The molecule has 18 N–H and O–H groups in total. The fourth-order valence-corrected chi connectivity index (χ4v) is 13.4. The second-order valence-corrected chi connectivity index (χ2v) is 27.0. The number of hydrogen-bond acceptors (Lipinski definition) is 22. The lowest BCUT2D eigenvalue weighted by Crippen LogP contribution is -2.62. The first-order valence-corrected chi connectivity index (χ1v) is 35.0. The molecule has 2 aliphatic heterocycles. The number of rotatable bonds is 26. The molecule has 8 amide bonds. The molecule has 3 heterocycles. The number of carbonyl (C=O) groups excluding carboxylic acids is 8. The number of phenolic OH excluding ortho intramolecular Hbond substituents is 1. The summed E-state index contributed by atoms with van der Waals surface area (Å²) in [6.45, 7) is 1.08. The van der Waals surface area contributed by atoms with Crippen molar-refractivity contribution in [3.8, 4) is 5.75 Å². The van der Waals surface area contributed by atoms with Gasteiger partial charge in [0, 0.05) is 100 Å². The highest BCUT2D eigenvalue weighted by molar-refractivity contribution is 8.76. The highest BCUT2D eigenvalue weighted by Gasteiger charge is 2.37. The molecule has 2 fully saturated rings. The van der Waals surface area contributed by atoms with Gasteiger partial charge in [0.25, 0.3) is 0 Å². The highest BCUT2D eigenvalue weighted by Crippen LogP contribution is 2.25. The number of nitrogens with zero attached hydrogens (tertiary/aromatic N) is 4. The molecular formula is C65H92N14O18S2. The molecular weight excluding hydrogens is 1330 g/mol. The number of amides is 8. The standard InChI is InChI=1S/C65H92N14O18S2/c1-39(81)51(36-80)72-64(96)53-38-99-98-37-52(73-60(92)48(28-41-10-4-3-5-11-41)68-54(84)32-76-20-22-77(33-55(85)86)24-26-79(35-57(89)90)27-25-78(23-21-76)34-56(87)88)63(95)70-49(29-42-15-17-44(83)18-16-42)61(93)71-50(30-43-31-67-46-13-7-6-12-45(43)46)62(94)69-47(14-8-9-19-66)59(91)75-58(40(2)82)65(97)74-53/h3-7,10-13,15-18,31,39-40,47-53,58,67,80-83H,8-9,14,19-30,32-38,66H2,1-2H3,(H,68,84)(H,69,94)(H,70,95)(H,71,93)(H,72,96)(H,73,92)(H,74,97)(H,75,91)(H,85,86)(H,87,88)(H,89,90)/t39-,40-,47+,48-,49-,50-,51-,52+,53+,58+/m1/s1. The molecule has 0 unspecified atom stereocenters. The lowest BCUT2D eigenvalue weighted by Gasteiger charge is -2.33. The summed E-state index contributed by atoms with van der Waals surface area (Å²) in [5.41, 5.74) is 8.05. The van der Waals surface area contributed by atoms with Gasteiger partial charge in [-0.1, -0.05) is 82.3 Å². The van der Waals surface area contributed by atoms with Crippen LogP contribution in [0.25, 0.3) is 10.9 Å². The summed E-state index contributed by atoms with van der Waals surface area (Å²) >= 11 is 0. The molecule has 34 heteroatoms. The molecule has 10 atom stereocenters. The Morgan fingerprint density at radius 2 is 1.12 bits per heavy atom. The number of aliphatic carboxylic acids is 3. The Morgan fingerprint density at radius 3 is 1.68 bits per heavy atom. The van der Waals surface area contributed by atoms with E-state index in [0.717, 1.165) is 21.6 Å². The summed E-state index contributed by atoms with van der Waals surface area (Å²) in [4.78, 5) is 163. The number of para-hydroxylation sites is 1. The van der Waals surface area contributed by atoms with E-state index in [1.54, 1.807) is 80.4 Å². The number of unbranched alkanes of at least 4 members (excludes halogenated alkanes) is 1. The summed E-state index contributed by atoms with van der Waals surface area (Å²) < 4.78 is 0. The quantitative estimate of drug-likeness (QED) is 0.0215. The molecule has 32 nitrogen and oxygen atoms in total. The number of carboxylic acid groups (broad SMARTS) is 3. The van der Waals surface area contributed by atoms with Crippen LogP contribution < -0.4 is 48.3 Å². The van der Waals surface area contributed by atoms with E-state index in [1.165, 1.54) is 38.1 Å². The molecule has 0 spiro atoms. The van der Waals surface area contributed by atoms with Crippen molar-refractivity contribution in [2.24, 2.45) is 5.73 Å². The van der Waals surface area contributed by atoms with E-state index in [-0.39, 0.29) is 115 Å². The van der Waals surface area contributed by atoms with Gasteiger partial charge >= 0.3 is 17.9 Å². The number of aromatic hydroxyl groups is 1. The van der Waals surface area contributed by atoms with Gasteiger partial charge in [-0.15, -0.1) is 0 Å². The van der Waals surface area contributed by atoms with Crippen LogP contribution in [0.3, 0.4) is 0 Å². The molecule has 0 aliphatic carbocycles. The smallest absolute Gasteiger partial charge is 0.317 e. The Hall–Kier alpha value is -8.45. The fraction of sp³-hybridized carbons (Fsp3) is 0.523. The van der Waals surface area contributed by atoms with Gasteiger partial charge in [-0.25, -0.2) is 0 Å². The minimum Gasteiger partial charge on any atom is -0.508 e. The lowest BCUT2D eigenvalue weighted by molar-refractivity contribution is -0.140. The fourth-order valence-electron chi connectivity index (χ4n) is 11.1. The average Bonchev–Trinajstić information content (AvgIpc) is 1.73. The second-order valence-electron chi connectivity index (χ2n) is 24.5. The maximum atomic E-state index is 15.3. The third-order valence-electron chi connectivity index (χ3n) is 16.6. The Labute approximate surface area is 580 Å². The van der Waals surface area contributed by atoms with Gasteiger partial charge < -0.3 is 89.0 Å². The molecule has 2 aliphatic rings. The van der Waals surface area contributed by atoms with Crippen molar-refractivity contribution >= 4 is 97.7 Å². The molecule has 2 saturated heterocycles. The number of nitrogens with one attached hydrogen (secondary N) is 9. The van der Waals surface area contributed by atoms with Crippen molar-refractivity contribution in [3.05, 3.63) is 102 Å². The number of aliphatic hydroxyl groups excluding tert-OH is 3. The third kappa shape index (κ3) is 27.0. The van der Waals surface area contributed by atoms with Crippen LogP contribution in [0.5, 0.6) is 5.75 Å². The van der Waals surface area contributed by atoms with Crippen molar-refractivity contribution in [1.82, 2.24) is 67.1 Å². The van der Waals surface area contributed by atoms with Gasteiger partial charge in [-0.05, 0) is 74.5 Å². The monoisotopic (exact) mass is 1420 g/mol. The number of H-pyrrole nitrogens is 1. The SMILES string of the molecule is C[C@@H](O)[C@@H]1NC(=O)[C@H](CCCCN)NC(=O)[C@@H](Cc2c[nH]c3ccccc23)NC(=O)[C@@H](Cc2ccc(O)cc2)NC(=O)[C@@H](NC(=O)[C@@H](Cc2ccccc2)NC(=O)CN2CCN(CC(=O)O)CCN(CC(=O)O)CCN(CC(=O)O)CC2)CSSC[C@@H](C(=O)N[C@H](CO)[C@@H](C)O)NC1=O. The van der Waals surface area contributed by atoms with Crippen LogP contribution in [0.2, 0.25) is 0 Å². The molecule has 99 heavy (non-hydrogen) atoms. The van der Waals surface area contributed by atoms with Crippen molar-refractivity contribution in [3.63, 3.8) is 0 Å². The van der Waals surface area contributed by atoms with E-state index in [0.29, 0.717) is 34.0 Å². The summed E-state index contributed by atoms with van der Waals surface area (Å²) in [7, 11) is 1.81. The maximum Gasteiger partial charge on any atom is 0.317 e. The van der Waals surface area contributed by atoms with Crippen molar-refractivity contribution in [2.75, 3.05) is 103 Å². The van der Waals surface area contributed by atoms with Crippen LogP contribution in [-0.4, -0.2) is 289 Å². The van der Waals surface area contributed by atoms with Gasteiger partial charge in [0.15, 0.2) is 0 Å². The lowest BCUT2D eigenvalue weighted by atomic mass is 10.0. The maximum absolute atomic E-state index is 15.3. The predicted molar refractivity (Wildman–Crippen MR) is 366 cm³/mol. The van der Waals surface area contributed by atoms with Gasteiger partial charge in [-0.3, -0.25) is 72.3 Å². The van der Waals surface area contributed by atoms with E-state index in [9.17, 15) is 74.1 Å². The van der Waals surface area contributed by atoms with Gasteiger partial charge in [0.1, 0.15) is 48.0 Å². The highest BCUT2D eigenvalue weighted by atomic mass is 33.1. The molecule has 0 bridgehead atoms. The number of aromatic nitrogens is 1. The average molecular weight is 1420 g/mol. The van der Waals surface area contributed by atoms with Crippen LogP contribution in [0.4, 0.5) is 0 Å². The number of nitrogens with two attached hydrogens (primary N) is 1. The third-order valence-corrected chi connectivity index (χ3v) is 19.0. The largest absolute Gasteiger partial charge is 0.508 e. The zero-order valence-electron chi connectivity index (χ0n) is 55.2. The molecule has 4 aromatic rings. The molecule has 0 saturated carbocycles. The number of fused-ring (bicyclic) bond motifs is 1. The van der Waals surface area contributed by atoms with Gasteiger partial charge in [0.2, 0.25) is 47.3 Å². The van der Waals surface area contributed by atoms with Gasteiger partial charge in [0.05, 0.1) is 51.0 Å². The van der Waals surface area contributed by atoms with Crippen LogP contribution in [0.1, 0.15) is 49.8 Å². The van der Waals surface area contributed by atoms with Gasteiger partial charge in [-0.2, -0.15) is 0 Å². The second kappa shape index (κ2) is 40.6. The number of aliphatic hydroxyl groups is 3. The normalized spacial score (nSPS) is 22.0. The Kier molecular flexibility index (Phi) is 32.6. The first-order valence-electron chi connectivity index (χ1n) is 32.5. The van der Waals surface area contributed by atoms with Crippen LogP contribution in [0.15, 0.2) is 85.1 Å². The Balaban J connectivity index is 1.40. The van der Waals surface area contributed by atoms with E-state index in [4.69, 9.17) is 5.73 Å². The van der Waals surface area contributed by atoms with Crippen LogP contribution in [0, 0.1) is 0 Å². The number of benzene rings is 3. The van der Waals surface area contributed by atoms with E-state index in [1.807, 2.05) is 0 Å². The van der Waals surface area contributed by atoms with E-state index >= 15 is 14.4 Å². The first-order chi connectivity index (χ1) is 47.3. The zero-order valence-corrected chi connectivity index (χ0v) is 56.8. The first kappa shape index (κ1) is 79.5. The van der Waals surface area contributed by atoms with Crippen LogP contribution in [-0.2, 0) is 72.0 Å². The molecule has 0 radical (unpaired) electrons.